The topological polar surface area (TPSA) is 0 Å². The summed E-state index contributed by atoms with van der Waals surface area (Å²) in [7, 11) is 19.1. The van der Waals surface area contributed by atoms with Crippen LogP contribution in [0, 0.1) is 0 Å². The molecule has 0 spiro atoms. The van der Waals surface area contributed by atoms with Crippen molar-refractivity contribution in [1.29, 1.82) is 0 Å². The summed E-state index contributed by atoms with van der Waals surface area (Å²) < 4.78 is 0. The summed E-state index contributed by atoms with van der Waals surface area (Å²) >= 11 is 0. The van der Waals surface area contributed by atoms with Crippen LogP contribution in [0.25, 0.3) is 0 Å². The van der Waals surface area contributed by atoms with Crippen LogP contribution in [0.5, 0.6) is 0 Å². The average molecular weight is 77.7 g/mol. The van der Waals surface area contributed by atoms with Gasteiger partial charge in [-0.2, -0.15) is 0 Å². The molecule has 7 heavy (non-hydrogen) atoms. The molecule has 0 aliphatic carbocycles. The van der Waals surface area contributed by atoms with Gasteiger partial charge in [0.05, 0.1) is 0 Å². The van der Waals surface area contributed by atoms with Crippen molar-refractivity contribution in [1.82, 2.24) is 0 Å². The molecule has 0 aliphatic heterocycles. The predicted molar refractivity (Wildman–Crippen MR) is 43.1 cm³/mol. The largest absolute Gasteiger partial charge is 0.0322 e. The Hall–Kier alpha value is 0.455. The van der Waals surface area contributed by atoms with Crippen LogP contribution in [0.4, 0.5) is 0 Å². The van der Waals surface area contributed by atoms with Crippen molar-refractivity contribution in [2.45, 2.75) is 0 Å². The van der Waals surface area contributed by atoms with Crippen LogP contribution in [0.3, 0.4) is 0 Å². The van der Waals surface area contributed by atoms with Crippen LogP contribution in [0.1, 0.15) is 0 Å². The zero-order chi connectivity index (χ0) is 5.86. The maximum absolute atomic E-state index is 5.31. The summed E-state index contributed by atoms with van der Waals surface area (Å²) in [6, 6.07) is 0. The molecule has 0 heterocycles. The molecule has 0 atom stereocenters. The van der Waals surface area contributed by atoms with Gasteiger partial charge in [0.15, 0.2) is 0 Å². The summed E-state index contributed by atoms with van der Waals surface area (Å²) in [5.74, 6) is 0. The first kappa shape index (κ1) is 7.45. The third-order valence-electron chi connectivity index (χ3n) is 0.767. The lowest BCUT2D eigenvalue weighted by atomic mass is 8.76. The molecule has 0 nitrogen and oxygen atoms in total. The molecule has 0 amide bonds. The number of hydrogen-bond acceptors (Lipinski definition) is 0. The smallest absolute Gasteiger partial charge is 0.0000291 e. The van der Waals surface area contributed by atoms with Crippen molar-refractivity contribution < 1.29 is 0 Å². The Balaban J connectivity index is 3.14. The minimum Gasteiger partial charge on any atom is 0.0000291 e. The fourth-order valence-electron chi connectivity index (χ4n) is 0.175. The van der Waals surface area contributed by atoms with Gasteiger partial charge < -0.3 is 0 Å². The molecule has 0 unspecified atom stereocenters. The minimum absolute atomic E-state index is 0.167. The van der Waals surface area contributed by atoms with Gasteiger partial charge in [0.1, 0.15) is 0 Å². The van der Waals surface area contributed by atoms with Crippen molar-refractivity contribution in [2.75, 3.05) is 0 Å². The Morgan fingerprint density at radius 3 is 1.86 bits per heavy atom. The normalized spacial score (nSPS) is 7.43. The third kappa shape index (κ3) is 3.07. The second-order valence-electron chi connectivity index (χ2n) is 1.48. The fraction of sp³-hybridized carbons (Fsp3) is 0. The monoisotopic (exact) mass is 79.1 g/mol. The van der Waals surface area contributed by atoms with Crippen molar-refractivity contribution in [3.05, 3.63) is 0 Å². The molecule has 0 rings (SSSR count). The Morgan fingerprint density at radius 1 is 1.43 bits per heavy atom. The van der Waals surface area contributed by atoms with Crippen molar-refractivity contribution in [3.63, 3.8) is 0 Å². The maximum Gasteiger partial charge on any atom is 0.0322 e. The predicted octanol–water partition coefficient (Wildman–Crippen LogP) is -3.20. The molecule has 0 aromatic carbocycles. The van der Waals surface area contributed by atoms with E-state index in [1.54, 1.807) is 7.06 Å². The van der Waals surface area contributed by atoms with Gasteiger partial charge in [0.2, 0.25) is 0 Å². The van der Waals surface area contributed by atoms with Crippen LogP contribution >= 0.6 is 0 Å². The minimum atomic E-state index is -0.225. The van der Waals surface area contributed by atoms with E-state index in [4.69, 9.17) is 15.5 Å². The Labute approximate surface area is 51.5 Å². The zero-order valence-electron chi connectivity index (χ0n) is 4.30. The summed E-state index contributed by atoms with van der Waals surface area (Å²) in [5, 5.41) is 0. The molecule has 7 heteroatoms. The molecule has 23 valence electrons. The van der Waals surface area contributed by atoms with E-state index < -0.39 is 0 Å². The van der Waals surface area contributed by atoms with Gasteiger partial charge in [0, 0.05) is 50.8 Å². The molecule has 0 saturated carbocycles. The van der Waals surface area contributed by atoms with E-state index in [9.17, 15) is 0 Å². The lowest BCUT2D eigenvalue weighted by Gasteiger charge is -2.05. The number of hydrogen-bond donors (Lipinski definition) is 0. The average Bonchev–Trinajstić information content (AvgIpc) is 1.65. The van der Waals surface area contributed by atoms with E-state index in [1.807, 2.05) is 0 Å². The second-order valence-corrected chi connectivity index (χ2v) is 1.48. The Morgan fingerprint density at radius 2 is 1.86 bits per heavy atom. The third-order valence-corrected chi connectivity index (χ3v) is 0.767. The van der Waals surface area contributed by atoms with E-state index in [2.05, 4.69) is 15.5 Å². The second kappa shape index (κ2) is 3.46. The van der Waals surface area contributed by atoms with E-state index >= 15 is 0 Å². The van der Waals surface area contributed by atoms with Crippen LogP contribution in [0.2, 0.25) is 0 Å². The standard InChI is InChI=1S/B7H2/c1-5-7(4)6(2)3/h1-2H. The Bertz CT molecular complexity index is 37.3. The first-order chi connectivity index (χ1) is 3.18. The fourth-order valence-corrected chi connectivity index (χ4v) is 0.175. The van der Waals surface area contributed by atoms with Crippen molar-refractivity contribution >= 4 is 50.8 Å². The highest BCUT2D eigenvalue weighted by molar-refractivity contribution is 7.81. The highest BCUT2D eigenvalue weighted by Crippen LogP contribution is 1.68. The summed E-state index contributed by atoms with van der Waals surface area (Å²) in [5.41, 5.74) is 0. The van der Waals surface area contributed by atoms with Gasteiger partial charge in [-0.15, -0.1) is 0 Å². The molecule has 0 aromatic rings. The van der Waals surface area contributed by atoms with Gasteiger partial charge in [-0.1, -0.05) is 0 Å². The van der Waals surface area contributed by atoms with E-state index in [0.717, 1.165) is 0 Å². The SMILES string of the molecule is [B]B([BH])B([B])[B][BH]. The lowest BCUT2D eigenvalue weighted by Crippen LogP contribution is -2.43. The van der Waals surface area contributed by atoms with E-state index in [1.165, 1.54) is 0 Å². The van der Waals surface area contributed by atoms with Crippen molar-refractivity contribution in [3.8, 4) is 0 Å². The zero-order valence-corrected chi connectivity index (χ0v) is 4.30. The molecule has 0 aliphatic rings. The van der Waals surface area contributed by atoms with E-state index in [-0.39, 0.29) is 12.8 Å². The first-order valence-electron chi connectivity index (χ1n) is 2.15. The van der Waals surface area contributed by atoms with Gasteiger partial charge >= 0.3 is 0 Å². The summed E-state index contributed by atoms with van der Waals surface area (Å²) in [4.78, 5) is 0. The molecule has 0 N–H and O–H groups in total. The lowest BCUT2D eigenvalue weighted by molar-refractivity contribution is 3.70. The Kier molecular flexibility index (Phi) is 3.68. The van der Waals surface area contributed by atoms with Crippen LogP contribution in [-0.2, 0) is 0 Å². The number of rotatable bonds is 2. The van der Waals surface area contributed by atoms with Gasteiger partial charge in [0.25, 0.3) is 0 Å². The van der Waals surface area contributed by atoms with Gasteiger partial charge in [-0.3, -0.25) is 0 Å². The van der Waals surface area contributed by atoms with Gasteiger partial charge in [-0.25, -0.2) is 0 Å². The van der Waals surface area contributed by atoms with Crippen molar-refractivity contribution in [2.24, 2.45) is 0 Å². The highest BCUT2D eigenvalue weighted by Gasteiger charge is 2.06. The van der Waals surface area contributed by atoms with Crippen LogP contribution in [-0.4, -0.2) is 50.8 Å². The maximum atomic E-state index is 5.31. The van der Waals surface area contributed by atoms with Crippen LogP contribution in [0.15, 0.2) is 0 Å². The van der Waals surface area contributed by atoms with Crippen LogP contribution < -0.4 is 0 Å². The molecule has 0 saturated heterocycles. The summed E-state index contributed by atoms with van der Waals surface area (Å²) in [6.07, 6.45) is -0.391. The molecule has 0 aromatic heterocycles. The molecular formula is H2B7. The van der Waals surface area contributed by atoms with Gasteiger partial charge in [-0.05, 0) is 0 Å². The van der Waals surface area contributed by atoms with E-state index in [0.29, 0.717) is 0 Å². The quantitative estimate of drug-likeness (QED) is 0.305. The molecule has 7 radical (unpaired) electrons. The molecule has 0 bridgehead atoms. The highest BCUT2D eigenvalue weighted by atomic mass is 12.9. The summed E-state index contributed by atoms with van der Waals surface area (Å²) in [6.45, 7) is 0. The molecular weight excluding hydrogens is 75.7 g/mol. The first-order valence-corrected chi connectivity index (χ1v) is 2.15. The molecule has 0 fully saturated rings.